The number of ether oxygens (including phenoxy) is 2. The number of benzene rings is 1. The van der Waals surface area contributed by atoms with Crippen LogP contribution in [0.15, 0.2) is 16.6 Å². The lowest BCUT2D eigenvalue weighted by Crippen LogP contribution is -2.30. The predicted molar refractivity (Wildman–Crippen MR) is 79.2 cm³/mol. The minimum absolute atomic E-state index is 0.104. The van der Waals surface area contributed by atoms with E-state index in [4.69, 9.17) is 32.7 Å². The van der Waals surface area contributed by atoms with Crippen molar-refractivity contribution in [2.24, 2.45) is 0 Å². The fraction of sp³-hybridized carbons (Fsp3) is 0.417. The highest BCUT2D eigenvalue weighted by atomic mass is 79.9. The number of hydrogen-bond donors (Lipinski definition) is 1. The largest absolute Gasteiger partial charge is 0.481 e. The molecule has 0 heterocycles. The zero-order valence-electron chi connectivity index (χ0n) is 10.3. The molecule has 0 atom stereocenters. The van der Waals surface area contributed by atoms with Gasteiger partial charge in [-0.2, -0.15) is 0 Å². The van der Waals surface area contributed by atoms with Gasteiger partial charge in [0.2, 0.25) is 0 Å². The van der Waals surface area contributed by atoms with Gasteiger partial charge >= 0.3 is 0 Å². The molecule has 19 heavy (non-hydrogen) atoms. The third-order valence-corrected chi connectivity index (χ3v) is 3.25. The lowest BCUT2D eigenvalue weighted by Gasteiger charge is -2.10. The standard InChI is InChI=1S/C12H14BrCl2NO3/c1-18-4-2-3-16-11(17)7-19-12-9(13)5-8(14)6-10(12)15/h5-6H,2-4,7H2,1H3,(H,16,17). The highest BCUT2D eigenvalue weighted by Crippen LogP contribution is 2.35. The first-order valence-electron chi connectivity index (χ1n) is 5.57. The van der Waals surface area contributed by atoms with E-state index < -0.39 is 0 Å². The smallest absolute Gasteiger partial charge is 0.257 e. The molecule has 0 saturated carbocycles. The molecular weight excluding hydrogens is 357 g/mol. The van der Waals surface area contributed by atoms with E-state index in [9.17, 15) is 4.79 Å². The van der Waals surface area contributed by atoms with Crippen LogP contribution < -0.4 is 10.1 Å². The van der Waals surface area contributed by atoms with Crippen LogP contribution in [0.1, 0.15) is 6.42 Å². The fourth-order valence-electron chi connectivity index (χ4n) is 1.30. The number of nitrogens with one attached hydrogen (secondary N) is 1. The first-order chi connectivity index (χ1) is 9.04. The molecule has 1 aromatic rings. The molecule has 0 spiro atoms. The molecular formula is C12H14BrCl2NO3. The molecule has 0 aliphatic rings. The second kappa shape index (κ2) is 8.64. The van der Waals surface area contributed by atoms with Crippen LogP contribution in [-0.4, -0.2) is 32.8 Å². The average Bonchev–Trinajstić information content (AvgIpc) is 2.33. The lowest BCUT2D eigenvalue weighted by molar-refractivity contribution is -0.123. The van der Waals surface area contributed by atoms with Crippen molar-refractivity contribution in [3.63, 3.8) is 0 Å². The Bertz CT molecular complexity index is 420. The summed E-state index contributed by atoms with van der Waals surface area (Å²) in [5.74, 6) is 0.187. The zero-order chi connectivity index (χ0) is 14.3. The molecule has 0 radical (unpaired) electrons. The summed E-state index contributed by atoms with van der Waals surface area (Å²) in [4.78, 5) is 11.5. The van der Waals surface area contributed by atoms with Crippen molar-refractivity contribution < 1.29 is 14.3 Å². The normalized spacial score (nSPS) is 10.3. The molecule has 0 aromatic heterocycles. The van der Waals surface area contributed by atoms with Crippen LogP contribution in [0.5, 0.6) is 5.75 Å². The Morgan fingerprint density at radius 1 is 1.42 bits per heavy atom. The summed E-state index contributed by atoms with van der Waals surface area (Å²) in [6.07, 6.45) is 0.758. The molecule has 1 N–H and O–H groups in total. The Hall–Kier alpha value is -0.490. The van der Waals surface area contributed by atoms with Gasteiger partial charge in [-0.25, -0.2) is 0 Å². The third kappa shape index (κ3) is 5.99. The predicted octanol–water partition coefficient (Wildman–Crippen LogP) is 3.29. The number of carbonyl (C=O) groups is 1. The highest BCUT2D eigenvalue weighted by molar-refractivity contribution is 9.10. The maximum atomic E-state index is 11.5. The molecule has 4 nitrogen and oxygen atoms in total. The fourth-order valence-corrected chi connectivity index (χ4v) is 2.67. The van der Waals surface area contributed by atoms with E-state index in [-0.39, 0.29) is 12.5 Å². The summed E-state index contributed by atoms with van der Waals surface area (Å²) < 4.78 is 10.8. The molecule has 106 valence electrons. The topological polar surface area (TPSA) is 47.6 Å². The van der Waals surface area contributed by atoms with E-state index in [0.29, 0.717) is 33.4 Å². The summed E-state index contributed by atoms with van der Waals surface area (Å²) in [6, 6.07) is 3.21. The Balaban J connectivity index is 2.42. The molecule has 0 saturated heterocycles. The SMILES string of the molecule is COCCCNC(=O)COc1c(Cl)cc(Cl)cc1Br. The van der Waals surface area contributed by atoms with Crippen LogP contribution in [-0.2, 0) is 9.53 Å². The van der Waals surface area contributed by atoms with Crippen LogP contribution in [0, 0.1) is 0 Å². The maximum Gasteiger partial charge on any atom is 0.257 e. The number of hydrogen-bond acceptors (Lipinski definition) is 3. The van der Waals surface area contributed by atoms with Gasteiger partial charge in [-0.3, -0.25) is 4.79 Å². The summed E-state index contributed by atoms with van der Waals surface area (Å²) >= 11 is 15.1. The Kier molecular flexibility index (Phi) is 7.53. The monoisotopic (exact) mass is 369 g/mol. The number of carbonyl (C=O) groups excluding carboxylic acids is 1. The molecule has 0 fully saturated rings. The molecule has 1 rings (SSSR count). The van der Waals surface area contributed by atoms with Gasteiger partial charge in [0, 0.05) is 25.3 Å². The third-order valence-electron chi connectivity index (χ3n) is 2.16. The second-order valence-electron chi connectivity index (χ2n) is 3.68. The van der Waals surface area contributed by atoms with E-state index in [1.54, 1.807) is 19.2 Å². The van der Waals surface area contributed by atoms with Gasteiger partial charge in [-0.15, -0.1) is 0 Å². The lowest BCUT2D eigenvalue weighted by atomic mass is 10.3. The van der Waals surface area contributed by atoms with E-state index in [0.717, 1.165) is 6.42 Å². The molecule has 0 unspecified atom stereocenters. The van der Waals surface area contributed by atoms with Gasteiger partial charge in [0.05, 0.1) is 9.50 Å². The number of amides is 1. The van der Waals surface area contributed by atoms with Crippen LogP contribution in [0.2, 0.25) is 10.0 Å². The summed E-state index contributed by atoms with van der Waals surface area (Å²) in [6.45, 7) is 1.05. The van der Waals surface area contributed by atoms with Crippen molar-refractivity contribution >= 4 is 45.0 Å². The highest BCUT2D eigenvalue weighted by Gasteiger charge is 2.10. The van der Waals surface area contributed by atoms with Crippen LogP contribution in [0.4, 0.5) is 0 Å². The van der Waals surface area contributed by atoms with Crippen LogP contribution in [0.3, 0.4) is 0 Å². The van der Waals surface area contributed by atoms with Gasteiger partial charge in [-0.1, -0.05) is 23.2 Å². The first-order valence-corrected chi connectivity index (χ1v) is 7.12. The first kappa shape index (κ1) is 16.6. The average molecular weight is 371 g/mol. The Labute approximate surface area is 130 Å². The van der Waals surface area contributed by atoms with E-state index in [2.05, 4.69) is 21.2 Å². The number of methoxy groups -OCH3 is 1. The van der Waals surface area contributed by atoms with Gasteiger partial charge in [0.15, 0.2) is 12.4 Å². The maximum absolute atomic E-state index is 11.5. The number of halogens is 3. The van der Waals surface area contributed by atoms with Crippen molar-refractivity contribution in [1.29, 1.82) is 0 Å². The molecule has 0 aliphatic heterocycles. The van der Waals surface area contributed by atoms with Crippen molar-refractivity contribution in [2.45, 2.75) is 6.42 Å². The molecule has 7 heteroatoms. The van der Waals surface area contributed by atoms with E-state index >= 15 is 0 Å². The Morgan fingerprint density at radius 2 is 2.16 bits per heavy atom. The summed E-state index contributed by atoms with van der Waals surface area (Å²) in [5.41, 5.74) is 0. The minimum atomic E-state index is -0.214. The van der Waals surface area contributed by atoms with E-state index in [1.807, 2.05) is 0 Å². The molecule has 0 aliphatic carbocycles. The quantitative estimate of drug-likeness (QED) is 0.749. The summed E-state index contributed by atoms with van der Waals surface area (Å²) in [5, 5.41) is 3.56. The molecule has 0 bridgehead atoms. The number of rotatable bonds is 7. The van der Waals surface area contributed by atoms with Crippen molar-refractivity contribution in [1.82, 2.24) is 5.32 Å². The molecule has 1 aromatic carbocycles. The Morgan fingerprint density at radius 3 is 2.79 bits per heavy atom. The van der Waals surface area contributed by atoms with Gasteiger partial charge in [0.1, 0.15) is 0 Å². The molecule has 1 amide bonds. The summed E-state index contributed by atoms with van der Waals surface area (Å²) in [7, 11) is 1.62. The van der Waals surface area contributed by atoms with Crippen molar-refractivity contribution in [3.8, 4) is 5.75 Å². The van der Waals surface area contributed by atoms with Gasteiger partial charge in [0.25, 0.3) is 5.91 Å². The second-order valence-corrected chi connectivity index (χ2v) is 5.38. The van der Waals surface area contributed by atoms with Crippen molar-refractivity contribution in [2.75, 3.05) is 26.9 Å². The van der Waals surface area contributed by atoms with Crippen LogP contribution in [0.25, 0.3) is 0 Å². The zero-order valence-corrected chi connectivity index (χ0v) is 13.4. The van der Waals surface area contributed by atoms with E-state index in [1.165, 1.54) is 0 Å². The minimum Gasteiger partial charge on any atom is -0.481 e. The van der Waals surface area contributed by atoms with Crippen LogP contribution >= 0.6 is 39.1 Å². The van der Waals surface area contributed by atoms with Crippen molar-refractivity contribution in [3.05, 3.63) is 26.7 Å². The van der Waals surface area contributed by atoms with Gasteiger partial charge in [-0.05, 0) is 34.5 Å². The van der Waals surface area contributed by atoms with Gasteiger partial charge < -0.3 is 14.8 Å².